The van der Waals surface area contributed by atoms with Crippen molar-refractivity contribution in [1.82, 2.24) is 4.90 Å². The summed E-state index contributed by atoms with van der Waals surface area (Å²) in [5.41, 5.74) is 7.93. The Balaban J connectivity index is 1.77. The fourth-order valence-electron chi connectivity index (χ4n) is 4.17. The van der Waals surface area contributed by atoms with E-state index in [-0.39, 0.29) is 23.5 Å². The maximum Gasteiger partial charge on any atom is 0.256 e. The van der Waals surface area contributed by atoms with Gasteiger partial charge in [0.05, 0.1) is 18.8 Å². The minimum Gasteiger partial charge on any atom is -0.493 e. The van der Waals surface area contributed by atoms with Crippen molar-refractivity contribution < 1.29 is 24.2 Å². The monoisotopic (exact) mass is 486 g/mol. The Bertz CT molecular complexity index is 991. The molecule has 8 heteroatoms. The summed E-state index contributed by atoms with van der Waals surface area (Å²) >= 11 is 0. The van der Waals surface area contributed by atoms with Crippen LogP contribution in [0.5, 0.6) is 11.5 Å². The Morgan fingerprint density at radius 1 is 1.21 bits per heavy atom. The summed E-state index contributed by atoms with van der Waals surface area (Å²) in [6.45, 7) is 8.64. The molecule has 0 radical (unpaired) electrons. The molecule has 0 bridgehead atoms. The van der Waals surface area contributed by atoms with Gasteiger partial charge >= 0.3 is 0 Å². The molecule has 1 aliphatic heterocycles. The van der Waals surface area contributed by atoms with Crippen LogP contribution in [0.25, 0.3) is 0 Å². The molecule has 1 fully saturated rings. The van der Waals surface area contributed by atoms with Gasteiger partial charge in [0.25, 0.3) is 5.91 Å². The number of β-amino-alcohol motifs (C(OH)–C–C–N with tert-alkyl or cyclic N) is 1. The second-order valence-electron chi connectivity index (χ2n) is 10.3. The van der Waals surface area contributed by atoms with Gasteiger partial charge in [-0.05, 0) is 49.0 Å². The van der Waals surface area contributed by atoms with Gasteiger partial charge in [0.1, 0.15) is 6.61 Å². The van der Waals surface area contributed by atoms with E-state index >= 15 is 0 Å². The number of hydrogen-bond acceptors (Lipinski definition) is 6. The minimum atomic E-state index is -2.36. The van der Waals surface area contributed by atoms with Gasteiger partial charge in [0.15, 0.2) is 19.8 Å². The fraction of sp³-hybridized carbons (Fsp3) is 0.500. The van der Waals surface area contributed by atoms with Crippen molar-refractivity contribution in [2.75, 3.05) is 19.4 Å². The van der Waals surface area contributed by atoms with E-state index in [0.717, 1.165) is 12.0 Å². The SMILES string of the molecule is COc1cc(C(=O)N2C[C@H](O)C[C@H]2CCC(C)(C)[Si](C)(C)O)c(N)cc1OCc1ccccc1. The average molecular weight is 487 g/mol. The number of carbonyl (C=O) groups is 1. The van der Waals surface area contributed by atoms with E-state index in [1.165, 1.54) is 7.11 Å². The van der Waals surface area contributed by atoms with Crippen molar-refractivity contribution >= 4 is 19.9 Å². The van der Waals surface area contributed by atoms with Gasteiger partial charge in [-0.1, -0.05) is 44.2 Å². The minimum absolute atomic E-state index is 0.113. The largest absolute Gasteiger partial charge is 0.493 e. The lowest BCUT2D eigenvalue weighted by Crippen LogP contribution is -2.41. The molecule has 0 aromatic heterocycles. The Labute approximate surface area is 203 Å². The van der Waals surface area contributed by atoms with E-state index in [1.807, 2.05) is 43.4 Å². The number of hydrogen-bond donors (Lipinski definition) is 3. The van der Waals surface area contributed by atoms with Gasteiger partial charge < -0.3 is 30.0 Å². The number of rotatable bonds is 9. The summed E-state index contributed by atoms with van der Waals surface area (Å²) in [5, 5.41) is 10.1. The number of amides is 1. The molecular formula is C26H38N2O5Si. The first-order chi connectivity index (χ1) is 15.9. The summed E-state index contributed by atoms with van der Waals surface area (Å²) in [6, 6.07) is 12.9. The molecule has 0 unspecified atom stereocenters. The van der Waals surface area contributed by atoms with E-state index in [2.05, 4.69) is 13.8 Å². The van der Waals surface area contributed by atoms with Crippen molar-refractivity contribution in [2.45, 2.75) is 70.0 Å². The van der Waals surface area contributed by atoms with E-state index in [0.29, 0.717) is 42.2 Å². The van der Waals surface area contributed by atoms with Crippen LogP contribution in [-0.2, 0) is 6.61 Å². The molecule has 0 aliphatic carbocycles. The average Bonchev–Trinajstić information content (AvgIpc) is 3.16. The van der Waals surface area contributed by atoms with Crippen LogP contribution in [0, 0.1) is 0 Å². The Morgan fingerprint density at radius 3 is 2.50 bits per heavy atom. The van der Waals surface area contributed by atoms with Crippen LogP contribution in [0.15, 0.2) is 42.5 Å². The fourth-order valence-corrected chi connectivity index (χ4v) is 4.93. The molecule has 4 N–H and O–H groups in total. The summed E-state index contributed by atoms with van der Waals surface area (Å²) in [5.74, 6) is 0.666. The number of methoxy groups -OCH3 is 1. The maximum atomic E-state index is 13.5. The summed E-state index contributed by atoms with van der Waals surface area (Å²) in [7, 11) is -0.836. The van der Waals surface area contributed by atoms with E-state index < -0.39 is 14.4 Å². The quantitative estimate of drug-likeness (QED) is 0.363. The molecule has 1 saturated heterocycles. The third kappa shape index (κ3) is 5.92. The van der Waals surface area contributed by atoms with Gasteiger partial charge in [0.2, 0.25) is 0 Å². The Kier molecular flexibility index (Phi) is 7.95. The number of aliphatic hydroxyl groups is 1. The highest BCUT2D eigenvalue weighted by atomic mass is 28.4. The first-order valence-electron chi connectivity index (χ1n) is 11.8. The molecule has 7 nitrogen and oxygen atoms in total. The van der Waals surface area contributed by atoms with Crippen LogP contribution in [-0.4, -0.2) is 54.8 Å². The van der Waals surface area contributed by atoms with Crippen LogP contribution in [0.1, 0.15) is 49.0 Å². The summed E-state index contributed by atoms with van der Waals surface area (Å²) < 4.78 is 11.4. The number of carbonyl (C=O) groups excluding carboxylic acids is 1. The highest BCUT2D eigenvalue weighted by molar-refractivity contribution is 6.72. The van der Waals surface area contributed by atoms with Crippen LogP contribution in [0.3, 0.4) is 0 Å². The molecule has 2 atom stereocenters. The van der Waals surface area contributed by atoms with Crippen molar-refractivity contribution in [2.24, 2.45) is 0 Å². The van der Waals surface area contributed by atoms with Crippen LogP contribution < -0.4 is 15.2 Å². The third-order valence-electron chi connectivity index (χ3n) is 7.22. The number of anilines is 1. The predicted octanol–water partition coefficient (Wildman–Crippen LogP) is 4.19. The van der Waals surface area contributed by atoms with Gasteiger partial charge in [-0.25, -0.2) is 0 Å². The van der Waals surface area contributed by atoms with Crippen LogP contribution in [0.4, 0.5) is 5.69 Å². The zero-order valence-corrected chi connectivity index (χ0v) is 21.9. The van der Waals surface area contributed by atoms with Crippen molar-refractivity contribution in [3.8, 4) is 11.5 Å². The van der Waals surface area contributed by atoms with Gasteiger partial charge in [0, 0.05) is 24.3 Å². The lowest BCUT2D eigenvalue weighted by molar-refractivity contribution is 0.0708. The van der Waals surface area contributed by atoms with E-state index in [4.69, 9.17) is 15.2 Å². The smallest absolute Gasteiger partial charge is 0.256 e. The van der Waals surface area contributed by atoms with Crippen molar-refractivity contribution in [3.05, 3.63) is 53.6 Å². The van der Waals surface area contributed by atoms with Gasteiger partial charge in [-0.15, -0.1) is 0 Å². The Morgan fingerprint density at radius 2 is 1.88 bits per heavy atom. The lowest BCUT2D eigenvalue weighted by atomic mass is 10.00. The zero-order chi connectivity index (χ0) is 25.1. The molecule has 1 amide bonds. The number of aliphatic hydroxyl groups excluding tert-OH is 1. The van der Waals surface area contributed by atoms with Crippen LogP contribution in [0.2, 0.25) is 18.1 Å². The number of ether oxygens (including phenoxy) is 2. The second-order valence-corrected chi connectivity index (χ2v) is 14.8. The molecule has 0 saturated carbocycles. The van der Waals surface area contributed by atoms with E-state index in [9.17, 15) is 14.7 Å². The highest BCUT2D eigenvalue weighted by Gasteiger charge is 2.41. The first kappa shape index (κ1) is 26.1. The topological polar surface area (TPSA) is 105 Å². The second kappa shape index (κ2) is 10.4. The van der Waals surface area contributed by atoms with Crippen LogP contribution >= 0.6 is 0 Å². The number of nitrogens with zero attached hydrogens (tertiary/aromatic N) is 1. The molecule has 1 heterocycles. The molecule has 34 heavy (non-hydrogen) atoms. The molecule has 186 valence electrons. The molecule has 0 spiro atoms. The third-order valence-corrected chi connectivity index (χ3v) is 10.8. The number of likely N-dealkylation sites (tertiary alicyclic amines) is 1. The normalized spacial score (nSPS) is 18.7. The molecule has 3 rings (SSSR count). The lowest BCUT2D eigenvalue weighted by Gasteiger charge is -2.36. The molecule has 2 aromatic carbocycles. The number of nitrogen functional groups attached to an aromatic ring is 1. The number of nitrogens with two attached hydrogens (primary N) is 1. The van der Waals surface area contributed by atoms with Crippen molar-refractivity contribution in [1.29, 1.82) is 0 Å². The van der Waals surface area contributed by atoms with Gasteiger partial charge in [-0.3, -0.25) is 4.79 Å². The number of benzene rings is 2. The summed E-state index contributed by atoms with van der Waals surface area (Å²) in [6.07, 6.45) is 1.43. The van der Waals surface area contributed by atoms with E-state index in [1.54, 1.807) is 17.0 Å². The first-order valence-corrected chi connectivity index (χ1v) is 14.7. The zero-order valence-electron chi connectivity index (χ0n) is 20.9. The van der Waals surface area contributed by atoms with Gasteiger partial charge in [-0.2, -0.15) is 0 Å². The maximum absolute atomic E-state index is 13.5. The highest BCUT2D eigenvalue weighted by Crippen LogP contribution is 2.42. The predicted molar refractivity (Wildman–Crippen MR) is 137 cm³/mol. The summed E-state index contributed by atoms with van der Waals surface area (Å²) in [4.78, 5) is 25.8. The Hall–Kier alpha value is -2.55. The molecule has 1 aliphatic rings. The van der Waals surface area contributed by atoms with Crippen molar-refractivity contribution in [3.63, 3.8) is 0 Å². The standard InChI is InChI=1S/C26H38N2O5Si/c1-26(2,34(4,5)31)12-11-19-13-20(29)16-28(19)25(30)21-14-23(32-3)24(15-22(21)27)33-17-18-9-7-6-8-10-18/h6-10,14-15,19-20,29,31H,11-13,16-17,27H2,1-5H3/t19-,20-/m1/s1. The molecular weight excluding hydrogens is 448 g/mol. The molecule has 2 aromatic rings.